The number of carbonyl (C=O) groups excluding carboxylic acids is 1. The average molecular weight is 276 g/mol. The van der Waals surface area contributed by atoms with Gasteiger partial charge in [0.15, 0.2) is 0 Å². The molecule has 6 heteroatoms. The summed E-state index contributed by atoms with van der Waals surface area (Å²) in [6, 6.07) is 6.68. The van der Waals surface area contributed by atoms with Crippen LogP contribution in [0.1, 0.15) is 5.56 Å². The van der Waals surface area contributed by atoms with Crippen LogP contribution < -0.4 is 5.32 Å². The van der Waals surface area contributed by atoms with Gasteiger partial charge in [0, 0.05) is 11.1 Å². The number of aliphatic hydroxyl groups is 1. The SMILES string of the molecule is O=C(/C=C/c1ccc(Cl)cc1)NCC(F)(F)CO. The molecule has 1 aromatic rings. The summed E-state index contributed by atoms with van der Waals surface area (Å²) in [5.74, 6) is -3.96. The number of benzene rings is 1. The van der Waals surface area contributed by atoms with E-state index >= 15 is 0 Å². The van der Waals surface area contributed by atoms with E-state index in [2.05, 4.69) is 0 Å². The number of halogens is 3. The second-order valence-corrected chi connectivity index (χ2v) is 4.05. The first-order chi connectivity index (χ1) is 8.43. The second kappa shape index (κ2) is 6.47. The molecule has 0 radical (unpaired) electrons. The number of alkyl halides is 2. The minimum absolute atomic E-state index is 0.569. The van der Waals surface area contributed by atoms with Crippen molar-refractivity contribution < 1.29 is 18.7 Å². The molecule has 1 rings (SSSR count). The number of carbonyl (C=O) groups is 1. The lowest BCUT2D eigenvalue weighted by Crippen LogP contribution is -2.38. The third-order valence-corrected chi connectivity index (χ3v) is 2.30. The van der Waals surface area contributed by atoms with Crippen LogP contribution in [0.15, 0.2) is 30.3 Å². The van der Waals surface area contributed by atoms with Gasteiger partial charge < -0.3 is 10.4 Å². The maximum Gasteiger partial charge on any atom is 0.287 e. The van der Waals surface area contributed by atoms with Gasteiger partial charge in [-0.1, -0.05) is 23.7 Å². The largest absolute Gasteiger partial charge is 0.390 e. The van der Waals surface area contributed by atoms with Crippen LogP contribution in [-0.4, -0.2) is 30.1 Å². The molecule has 1 aromatic carbocycles. The van der Waals surface area contributed by atoms with Gasteiger partial charge in [-0.05, 0) is 23.8 Å². The van der Waals surface area contributed by atoms with Crippen LogP contribution in [0.3, 0.4) is 0 Å². The molecule has 0 saturated heterocycles. The third-order valence-electron chi connectivity index (χ3n) is 2.05. The summed E-state index contributed by atoms with van der Waals surface area (Å²) in [7, 11) is 0. The van der Waals surface area contributed by atoms with E-state index in [4.69, 9.17) is 16.7 Å². The van der Waals surface area contributed by atoms with Crippen LogP contribution in [0.5, 0.6) is 0 Å². The van der Waals surface area contributed by atoms with E-state index in [0.29, 0.717) is 5.02 Å². The molecule has 18 heavy (non-hydrogen) atoms. The Morgan fingerprint density at radius 1 is 1.39 bits per heavy atom. The van der Waals surface area contributed by atoms with Crippen molar-refractivity contribution in [3.63, 3.8) is 0 Å². The van der Waals surface area contributed by atoms with E-state index in [1.165, 1.54) is 6.08 Å². The highest BCUT2D eigenvalue weighted by atomic mass is 35.5. The Labute approximate surface area is 108 Å². The van der Waals surface area contributed by atoms with Crippen molar-refractivity contribution in [1.29, 1.82) is 0 Å². The average Bonchev–Trinajstić information content (AvgIpc) is 2.36. The Morgan fingerprint density at radius 3 is 2.56 bits per heavy atom. The van der Waals surface area contributed by atoms with Crippen molar-refractivity contribution in [3.8, 4) is 0 Å². The fraction of sp³-hybridized carbons (Fsp3) is 0.250. The molecule has 0 aliphatic rings. The van der Waals surface area contributed by atoms with Gasteiger partial charge in [0.05, 0.1) is 6.54 Å². The fourth-order valence-electron chi connectivity index (χ4n) is 1.08. The van der Waals surface area contributed by atoms with Crippen molar-refractivity contribution in [2.45, 2.75) is 5.92 Å². The van der Waals surface area contributed by atoms with Crippen molar-refractivity contribution in [2.75, 3.05) is 13.2 Å². The van der Waals surface area contributed by atoms with Gasteiger partial charge in [0.25, 0.3) is 5.92 Å². The van der Waals surface area contributed by atoms with Gasteiger partial charge in [-0.15, -0.1) is 0 Å². The highest BCUT2D eigenvalue weighted by molar-refractivity contribution is 6.30. The Balaban J connectivity index is 2.47. The van der Waals surface area contributed by atoms with E-state index in [-0.39, 0.29) is 0 Å². The Bertz CT molecular complexity index is 432. The summed E-state index contributed by atoms with van der Waals surface area (Å²) in [6.45, 7) is -2.19. The molecule has 0 spiro atoms. The van der Waals surface area contributed by atoms with Crippen LogP contribution in [0.2, 0.25) is 5.02 Å². The third kappa shape index (κ3) is 5.25. The molecular weight excluding hydrogens is 264 g/mol. The number of rotatable bonds is 5. The fourth-order valence-corrected chi connectivity index (χ4v) is 1.20. The molecule has 0 fully saturated rings. The molecule has 0 aliphatic heterocycles. The van der Waals surface area contributed by atoms with Gasteiger partial charge in [-0.25, -0.2) is 8.78 Å². The van der Waals surface area contributed by atoms with Crippen LogP contribution in [0.25, 0.3) is 6.08 Å². The number of hydrogen-bond donors (Lipinski definition) is 2. The topological polar surface area (TPSA) is 49.3 Å². The molecular formula is C12H12ClF2NO2. The summed E-state index contributed by atoms with van der Waals surface area (Å²) >= 11 is 5.68. The summed E-state index contributed by atoms with van der Waals surface area (Å²) in [6.07, 6.45) is 2.61. The number of amides is 1. The summed E-state index contributed by atoms with van der Waals surface area (Å²) in [4.78, 5) is 11.2. The first-order valence-electron chi connectivity index (χ1n) is 5.13. The zero-order valence-electron chi connectivity index (χ0n) is 9.37. The lowest BCUT2D eigenvalue weighted by Gasteiger charge is -2.12. The van der Waals surface area contributed by atoms with Crippen molar-refractivity contribution >= 4 is 23.6 Å². The van der Waals surface area contributed by atoms with E-state index in [1.807, 2.05) is 5.32 Å². The maximum atomic E-state index is 12.6. The molecule has 98 valence electrons. The van der Waals surface area contributed by atoms with E-state index in [9.17, 15) is 13.6 Å². The van der Waals surface area contributed by atoms with E-state index in [1.54, 1.807) is 24.3 Å². The standard InChI is InChI=1S/C12H12ClF2NO2/c13-10-4-1-9(2-5-10)3-6-11(18)16-7-12(14,15)8-17/h1-6,17H,7-8H2,(H,16,18)/b6-3+. The molecule has 0 saturated carbocycles. The highest BCUT2D eigenvalue weighted by Gasteiger charge is 2.27. The van der Waals surface area contributed by atoms with Crippen LogP contribution in [-0.2, 0) is 4.79 Å². The predicted octanol–water partition coefficient (Wildman–Crippen LogP) is 2.10. The minimum atomic E-state index is -3.30. The smallest absolute Gasteiger partial charge is 0.287 e. The summed E-state index contributed by atoms with van der Waals surface area (Å²) in [5, 5.41) is 10.9. The second-order valence-electron chi connectivity index (χ2n) is 3.62. The molecule has 0 unspecified atom stereocenters. The Kier molecular flexibility index (Phi) is 5.25. The lowest BCUT2D eigenvalue weighted by molar-refractivity contribution is -0.119. The van der Waals surface area contributed by atoms with Gasteiger partial charge in [-0.3, -0.25) is 4.79 Å². The zero-order valence-corrected chi connectivity index (χ0v) is 10.1. The van der Waals surface area contributed by atoms with Gasteiger partial charge in [-0.2, -0.15) is 0 Å². The van der Waals surface area contributed by atoms with Crippen molar-refractivity contribution in [1.82, 2.24) is 5.32 Å². The van der Waals surface area contributed by atoms with E-state index < -0.39 is 25.0 Å². The Hall–Kier alpha value is -1.46. The molecule has 3 nitrogen and oxygen atoms in total. The number of aliphatic hydroxyl groups excluding tert-OH is 1. The lowest BCUT2D eigenvalue weighted by atomic mass is 10.2. The van der Waals surface area contributed by atoms with Crippen LogP contribution in [0.4, 0.5) is 8.78 Å². The van der Waals surface area contributed by atoms with Gasteiger partial charge in [0.2, 0.25) is 5.91 Å². The zero-order chi connectivity index (χ0) is 13.6. The van der Waals surface area contributed by atoms with Crippen LogP contribution >= 0.6 is 11.6 Å². The molecule has 2 N–H and O–H groups in total. The predicted molar refractivity (Wildman–Crippen MR) is 65.5 cm³/mol. The first kappa shape index (κ1) is 14.6. The molecule has 0 aromatic heterocycles. The van der Waals surface area contributed by atoms with Crippen LogP contribution in [0, 0.1) is 0 Å². The monoisotopic (exact) mass is 275 g/mol. The Morgan fingerprint density at radius 2 is 2.00 bits per heavy atom. The molecule has 0 bridgehead atoms. The summed E-state index contributed by atoms with van der Waals surface area (Å²) < 4.78 is 25.2. The quantitative estimate of drug-likeness (QED) is 0.809. The van der Waals surface area contributed by atoms with Gasteiger partial charge in [0.1, 0.15) is 6.61 Å². The minimum Gasteiger partial charge on any atom is -0.390 e. The first-order valence-corrected chi connectivity index (χ1v) is 5.51. The number of hydrogen-bond acceptors (Lipinski definition) is 2. The maximum absolute atomic E-state index is 12.6. The van der Waals surface area contributed by atoms with Crippen molar-refractivity contribution in [2.24, 2.45) is 0 Å². The number of nitrogens with one attached hydrogen (secondary N) is 1. The van der Waals surface area contributed by atoms with E-state index in [0.717, 1.165) is 11.6 Å². The van der Waals surface area contributed by atoms with Gasteiger partial charge >= 0.3 is 0 Å². The molecule has 0 atom stereocenters. The normalized spacial score (nSPS) is 11.8. The molecule has 0 heterocycles. The van der Waals surface area contributed by atoms with Crippen molar-refractivity contribution in [3.05, 3.63) is 40.9 Å². The summed E-state index contributed by atoms with van der Waals surface area (Å²) in [5.41, 5.74) is 0.725. The molecule has 0 aliphatic carbocycles. The highest BCUT2D eigenvalue weighted by Crippen LogP contribution is 2.11. The molecule has 1 amide bonds.